The van der Waals surface area contributed by atoms with Gasteiger partial charge in [0.2, 0.25) is 0 Å². The van der Waals surface area contributed by atoms with E-state index in [0.29, 0.717) is 25.5 Å². The van der Waals surface area contributed by atoms with Gasteiger partial charge >= 0.3 is 0 Å². The average molecular weight is 327 g/mol. The molecule has 0 bridgehead atoms. The number of rotatable bonds is 6. The number of nitrogens with one attached hydrogen (secondary N) is 2. The Kier molecular flexibility index (Phi) is 5.15. The number of amides is 1. The molecule has 2 heterocycles. The highest BCUT2D eigenvalue weighted by atomic mass is 16.6. The van der Waals surface area contributed by atoms with E-state index in [1.54, 1.807) is 12.3 Å². The highest BCUT2D eigenvalue weighted by Gasteiger charge is 2.12. The maximum atomic E-state index is 11.9. The lowest BCUT2D eigenvalue weighted by molar-refractivity contribution is 0.0948. The Morgan fingerprint density at radius 2 is 1.92 bits per heavy atom. The highest BCUT2D eigenvalue weighted by Crippen LogP contribution is 2.33. The second-order valence-corrected chi connectivity index (χ2v) is 5.53. The molecule has 1 aromatic carbocycles. The number of nitrogens with zero attached hydrogens (tertiary/aromatic N) is 1. The summed E-state index contributed by atoms with van der Waals surface area (Å²) in [5.74, 6) is 1.34. The predicted molar refractivity (Wildman–Crippen MR) is 92.2 cm³/mol. The van der Waals surface area contributed by atoms with E-state index in [4.69, 9.17) is 9.47 Å². The lowest BCUT2D eigenvalue weighted by Gasteiger charge is -2.19. The third-order valence-corrected chi connectivity index (χ3v) is 3.64. The fourth-order valence-electron chi connectivity index (χ4n) is 2.36. The van der Waals surface area contributed by atoms with Crippen LogP contribution in [0.1, 0.15) is 30.3 Å². The maximum Gasteiger partial charge on any atom is 0.269 e. The van der Waals surface area contributed by atoms with Gasteiger partial charge < -0.3 is 20.1 Å². The molecule has 2 N–H and O–H groups in total. The number of pyridine rings is 1. The van der Waals surface area contributed by atoms with Crippen LogP contribution in [0.4, 0.5) is 11.4 Å². The van der Waals surface area contributed by atoms with Gasteiger partial charge in [0.25, 0.3) is 5.91 Å². The van der Waals surface area contributed by atoms with Crippen LogP contribution in [0, 0.1) is 0 Å². The van der Waals surface area contributed by atoms with E-state index in [0.717, 1.165) is 35.7 Å². The molecule has 6 nitrogen and oxygen atoms in total. The van der Waals surface area contributed by atoms with Crippen LogP contribution in [0.15, 0.2) is 36.5 Å². The quantitative estimate of drug-likeness (QED) is 0.798. The molecule has 6 heteroatoms. The molecule has 24 heavy (non-hydrogen) atoms. The molecule has 1 aromatic heterocycles. The van der Waals surface area contributed by atoms with Crippen LogP contribution in [-0.4, -0.2) is 30.6 Å². The number of ether oxygens (including phenoxy) is 2. The number of hydrogen-bond acceptors (Lipinski definition) is 5. The van der Waals surface area contributed by atoms with Gasteiger partial charge in [-0.3, -0.25) is 4.79 Å². The SMILES string of the molecule is CCCCNC(=O)c1ccc(Nc2ccc3c(c2)OCCO3)cn1. The molecule has 0 atom stereocenters. The van der Waals surface area contributed by atoms with Crippen LogP contribution in [0.25, 0.3) is 0 Å². The Hall–Kier alpha value is -2.76. The van der Waals surface area contributed by atoms with Crippen molar-refractivity contribution in [3.05, 3.63) is 42.2 Å². The summed E-state index contributed by atoms with van der Waals surface area (Å²) in [6.07, 6.45) is 3.66. The molecule has 0 spiro atoms. The minimum atomic E-state index is -0.144. The Labute approximate surface area is 141 Å². The summed E-state index contributed by atoms with van der Waals surface area (Å²) in [4.78, 5) is 16.1. The van der Waals surface area contributed by atoms with E-state index in [2.05, 4.69) is 22.5 Å². The average Bonchev–Trinajstić information content (AvgIpc) is 2.62. The summed E-state index contributed by atoms with van der Waals surface area (Å²) in [6, 6.07) is 9.22. The van der Waals surface area contributed by atoms with Crippen molar-refractivity contribution >= 4 is 17.3 Å². The fraction of sp³-hybridized carbons (Fsp3) is 0.333. The second kappa shape index (κ2) is 7.68. The number of fused-ring (bicyclic) bond motifs is 1. The van der Waals surface area contributed by atoms with Crippen LogP contribution < -0.4 is 20.1 Å². The molecule has 126 valence electrons. The van der Waals surface area contributed by atoms with Crippen molar-refractivity contribution in [3.8, 4) is 11.5 Å². The zero-order valence-corrected chi connectivity index (χ0v) is 13.7. The summed E-state index contributed by atoms with van der Waals surface area (Å²) < 4.78 is 11.1. The van der Waals surface area contributed by atoms with E-state index in [1.165, 1.54) is 0 Å². The third-order valence-electron chi connectivity index (χ3n) is 3.64. The van der Waals surface area contributed by atoms with Crippen molar-refractivity contribution in [2.24, 2.45) is 0 Å². The number of carbonyl (C=O) groups excluding carboxylic acids is 1. The van der Waals surface area contributed by atoms with Crippen LogP contribution in [0.5, 0.6) is 11.5 Å². The van der Waals surface area contributed by atoms with Crippen molar-refractivity contribution < 1.29 is 14.3 Å². The largest absolute Gasteiger partial charge is 0.486 e. The van der Waals surface area contributed by atoms with Crippen molar-refractivity contribution in [2.45, 2.75) is 19.8 Å². The minimum absolute atomic E-state index is 0.144. The Morgan fingerprint density at radius 1 is 1.12 bits per heavy atom. The molecule has 2 aromatic rings. The first kappa shape index (κ1) is 16.1. The van der Waals surface area contributed by atoms with Gasteiger partial charge in [0.1, 0.15) is 18.9 Å². The van der Waals surface area contributed by atoms with Crippen molar-refractivity contribution in [2.75, 3.05) is 25.1 Å². The van der Waals surface area contributed by atoms with Gasteiger partial charge in [0.15, 0.2) is 11.5 Å². The van der Waals surface area contributed by atoms with Crippen molar-refractivity contribution in [1.29, 1.82) is 0 Å². The van der Waals surface area contributed by atoms with E-state index in [-0.39, 0.29) is 5.91 Å². The highest BCUT2D eigenvalue weighted by molar-refractivity contribution is 5.92. The van der Waals surface area contributed by atoms with E-state index in [9.17, 15) is 4.79 Å². The van der Waals surface area contributed by atoms with Gasteiger partial charge in [0, 0.05) is 18.3 Å². The molecule has 3 rings (SSSR count). The zero-order chi connectivity index (χ0) is 16.8. The molecule has 0 saturated heterocycles. The standard InChI is InChI=1S/C18H21N3O3/c1-2-3-8-19-18(22)15-6-4-14(12-20-15)21-13-5-7-16-17(11-13)24-10-9-23-16/h4-7,11-12,21H,2-3,8-10H2,1H3,(H,19,22). The first-order valence-corrected chi connectivity index (χ1v) is 8.17. The lowest BCUT2D eigenvalue weighted by Crippen LogP contribution is -2.25. The third kappa shape index (κ3) is 3.95. The van der Waals surface area contributed by atoms with Crippen molar-refractivity contribution in [3.63, 3.8) is 0 Å². The van der Waals surface area contributed by atoms with Gasteiger partial charge in [-0.1, -0.05) is 13.3 Å². The first-order valence-electron chi connectivity index (χ1n) is 8.17. The number of benzene rings is 1. The molecular weight excluding hydrogens is 306 g/mol. The van der Waals surface area contributed by atoms with Crippen LogP contribution in [-0.2, 0) is 0 Å². The minimum Gasteiger partial charge on any atom is -0.486 e. The van der Waals surface area contributed by atoms with Gasteiger partial charge in [-0.25, -0.2) is 4.98 Å². The summed E-state index contributed by atoms with van der Waals surface area (Å²) in [5, 5.41) is 6.09. The van der Waals surface area contributed by atoms with Crippen LogP contribution in [0.2, 0.25) is 0 Å². The number of hydrogen-bond donors (Lipinski definition) is 2. The first-order chi connectivity index (χ1) is 11.8. The summed E-state index contributed by atoms with van der Waals surface area (Å²) in [7, 11) is 0. The zero-order valence-electron chi connectivity index (χ0n) is 13.7. The summed E-state index contributed by atoms with van der Waals surface area (Å²) >= 11 is 0. The molecular formula is C18H21N3O3. The Balaban J connectivity index is 1.63. The molecule has 0 unspecified atom stereocenters. The number of anilines is 2. The molecule has 1 aliphatic rings. The maximum absolute atomic E-state index is 11.9. The van der Waals surface area contributed by atoms with E-state index < -0.39 is 0 Å². The predicted octanol–water partition coefficient (Wildman–Crippen LogP) is 3.13. The Bertz CT molecular complexity index is 701. The van der Waals surface area contributed by atoms with Gasteiger partial charge in [-0.05, 0) is 30.7 Å². The second-order valence-electron chi connectivity index (χ2n) is 5.53. The molecule has 1 aliphatic heterocycles. The normalized spacial score (nSPS) is 12.5. The number of carbonyl (C=O) groups is 1. The monoisotopic (exact) mass is 327 g/mol. The van der Waals surface area contributed by atoms with Crippen LogP contribution in [0.3, 0.4) is 0 Å². The van der Waals surface area contributed by atoms with Gasteiger partial charge in [0.05, 0.1) is 11.9 Å². The fourth-order valence-corrected chi connectivity index (χ4v) is 2.36. The molecule has 1 amide bonds. The van der Waals surface area contributed by atoms with E-state index in [1.807, 2.05) is 24.3 Å². The molecule has 0 saturated carbocycles. The summed E-state index contributed by atoms with van der Waals surface area (Å²) in [5.41, 5.74) is 2.09. The summed E-state index contributed by atoms with van der Waals surface area (Å²) in [6.45, 7) is 3.89. The van der Waals surface area contributed by atoms with Gasteiger partial charge in [-0.2, -0.15) is 0 Å². The smallest absolute Gasteiger partial charge is 0.269 e. The Morgan fingerprint density at radius 3 is 2.67 bits per heavy atom. The molecule has 0 radical (unpaired) electrons. The van der Waals surface area contributed by atoms with Crippen molar-refractivity contribution in [1.82, 2.24) is 10.3 Å². The van der Waals surface area contributed by atoms with Crippen LogP contribution >= 0.6 is 0 Å². The topological polar surface area (TPSA) is 72.5 Å². The number of unbranched alkanes of at least 4 members (excludes halogenated alkanes) is 1. The number of aromatic nitrogens is 1. The van der Waals surface area contributed by atoms with E-state index >= 15 is 0 Å². The van der Waals surface area contributed by atoms with Gasteiger partial charge in [-0.15, -0.1) is 0 Å². The molecule has 0 fully saturated rings. The lowest BCUT2D eigenvalue weighted by atomic mass is 10.2. The molecule has 0 aliphatic carbocycles.